The van der Waals surface area contributed by atoms with Crippen molar-refractivity contribution in [1.29, 1.82) is 0 Å². The number of benzene rings is 10. The summed E-state index contributed by atoms with van der Waals surface area (Å²) in [6.07, 6.45) is 0. The molecule has 2 nitrogen and oxygen atoms in total. The largest absolute Gasteiger partial charge is 0.455 e. The quantitative estimate of drug-likeness (QED) is 0.173. The van der Waals surface area contributed by atoms with Crippen LogP contribution in [0.3, 0.4) is 0 Å². The second-order valence-corrected chi connectivity index (χ2v) is 21.1. The van der Waals surface area contributed by atoms with Crippen molar-refractivity contribution in [1.82, 2.24) is 0 Å². The molecule has 10 aromatic carbocycles. The van der Waals surface area contributed by atoms with Crippen LogP contribution in [0.1, 0.15) is 74.9 Å². The first-order valence-corrected chi connectivity index (χ1v) is 23.8. The van der Waals surface area contributed by atoms with E-state index in [2.05, 4.69) is 211 Å². The van der Waals surface area contributed by atoms with E-state index < -0.39 is 0 Å². The Morgan fingerprint density at radius 2 is 0.567 bits per heavy atom. The van der Waals surface area contributed by atoms with Gasteiger partial charge < -0.3 is 8.83 Å². The van der Waals surface area contributed by atoms with Crippen LogP contribution in [-0.4, -0.2) is 0 Å². The molecule has 0 atom stereocenters. The van der Waals surface area contributed by atoms with Crippen molar-refractivity contribution in [3.63, 3.8) is 0 Å². The predicted molar refractivity (Wildman–Crippen MR) is 280 cm³/mol. The molecule has 15 rings (SSSR count). The minimum Gasteiger partial charge on any atom is -0.455 e. The van der Waals surface area contributed by atoms with Gasteiger partial charge in [0.2, 0.25) is 0 Å². The van der Waals surface area contributed by atoms with E-state index in [0.717, 1.165) is 55.0 Å². The molecule has 0 saturated heterocycles. The average Bonchev–Trinajstić information content (AvgIpc) is 4.09. The topological polar surface area (TPSA) is 26.3 Å². The van der Waals surface area contributed by atoms with Gasteiger partial charge in [0.1, 0.15) is 22.3 Å². The lowest BCUT2D eigenvalue weighted by Gasteiger charge is -2.25. The first-order chi connectivity index (χ1) is 32.5. The SMILES string of the molecule is CC1(C)c2cc3c(cc2-c2cc4c(cc21)-c1c(cc(-c2cccc5c2oc2ccccc25)c2ccccc12)C4(C)C)C(C)(C)c1cc(-c2cccc4c2oc2ccccc24)c2ccccc2c1-3. The summed E-state index contributed by atoms with van der Waals surface area (Å²) >= 11 is 0. The van der Waals surface area contributed by atoms with Gasteiger partial charge in [-0.25, -0.2) is 0 Å². The summed E-state index contributed by atoms with van der Waals surface area (Å²) < 4.78 is 13.3. The van der Waals surface area contributed by atoms with Gasteiger partial charge in [0, 0.05) is 48.9 Å². The Kier molecular flexibility index (Phi) is 6.94. The van der Waals surface area contributed by atoms with Gasteiger partial charge in [0.15, 0.2) is 0 Å². The van der Waals surface area contributed by atoms with Gasteiger partial charge in [-0.1, -0.05) is 163 Å². The lowest BCUT2D eigenvalue weighted by molar-refractivity contribution is 0.649. The van der Waals surface area contributed by atoms with E-state index in [4.69, 9.17) is 8.83 Å². The summed E-state index contributed by atoms with van der Waals surface area (Å²) in [5, 5.41) is 9.72. The van der Waals surface area contributed by atoms with Gasteiger partial charge in [0.05, 0.1) is 0 Å². The van der Waals surface area contributed by atoms with Gasteiger partial charge in [-0.2, -0.15) is 0 Å². The maximum atomic E-state index is 6.67. The van der Waals surface area contributed by atoms with Gasteiger partial charge in [-0.15, -0.1) is 0 Å². The number of para-hydroxylation sites is 4. The Bertz CT molecular complexity index is 3970. The van der Waals surface area contributed by atoms with E-state index in [1.165, 1.54) is 99.4 Å². The zero-order valence-corrected chi connectivity index (χ0v) is 38.5. The fourth-order valence-electron chi connectivity index (χ4n) is 13.2. The molecule has 318 valence electrons. The maximum Gasteiger partial charge on any atom is 0.143 e. The Hall–Kier alpha value is -7.68. The first-order valence-electron chi connectivity index (χ1n) is 23.8. The Morgan fingerprint density at radius 1 is 0.254 bits per heavy atom. The maximum absolute atomic E-state index is 6.67. The van der Waals surface area contributed by atoms with Crippen molar-refractivity contribution in [2.75, 3.05) is 0 Å². The van der Waals surface area contributed by atoms with Gasteiger partial charge >= 0.3 is 0 Å². The third-order valence-electron chi connectivity index (χ3n) is 16.7. The highest BCUT2D eigenvalue weighted by molar-refractivity contribution is 6.17. The molecule has 2 heterocycles. The van der Waals surface area contributed by atoms with Crippen molar-refractivity contribution in [2.24, 2.45) is 0 Å². The number of hydrogen-bond donors (Lipinski definition) is 0. The fraction of sp³-hybridized carbons (Fsp3) is 0.138. The van der Waals surface area contributed by atoms with Crippen molar-refractivity contribution in [3.05, 3.63) is 203 Å². The third-order valence-corrected chi connectivity index (χ3v) is 16.7. The number of rotatable bonds is 2. The molecule has 3 aliphatic rings. The molecule has 0 aliphatic heterocycles. The Labute approximate surface area is 389 Å². The summed E-state index contributed by atoms with van der Waals surface area (Å²) in [7, 11) is 0. The van der Waals surface area contributed by atoms with Gasteiger partial charge in [0.25, 0.3) is 0 Å². The highest BCUT2D eigenvalue weighted by Gasteiger charge is 2.46. The van der Waals surface area contributed by atoms with Crippen LogP contribution < -0.4 is 0 Å². The minimum absolute atomic E-state index is 0.214. The molecule has 0 unspecified atom stereocenters. The van der Waals surface area contributed by atoms with Crippen molar-refractivity contribution in [3.8, 4) is 55.6 Å². The van der Waals surface area contributed by atoms with E-state index in [0.29, 0.717) is 0 Å². The van der Waals surface area contributed by atoms with Crippen LogP contribution in [0.5, 0.6) is 0 Å². The summed E-state index contributed by atoms with van der Waals surface area (Å²) in [4.78, 5) is 0. The molecule has 2 aromatic heterocycles. The molecule has 0 fully saturated rings. The van der Waals surface area contributed by atoms with Crippen molar-refractivity contribution < 1.29 is 8.83 Å². The first kappa shape index (κ1) is 37.5. The summed E-state index contributed by atoms with van der Waals surface area (Å²) in [6, 6.07) is 63.4. The van der Waals surface area contributed by atoms with Crippen LogP contribution in [0.2, 0.25) is 0 Å². The standard InChI is InChI=1S/C65H46O2/c1-63(2)51-33-49-53(64(3,4)55-29-45(35-17-7-9-21-39(35)59(49)55)43-25-15-23-41-37-19-11-13-27-57(37)66-61(41)43)31-47(51)48-32-54-50(34-52(48)63)60-40-22-10-8-18-36(40)46(30-56(60)65(54,5)6)44-26-16-24-42-38-20-12-14-28-58(38)67-62(42)44/h7-34H,1-6H3. The highest BCUT2D eigenvalue weighted by Crippen LogP contribution is 2.62. The smallest absolute Gasteiger partial charge is 0.143 e. The normalized spacial score (nSPS) is 15.7. The molecule has 67 heavy (non-hydrogen) atoms. The Balaban J connectivity index is 0.914. The zero-order chi connectivity index (χ0) is 44.9. The molecule has 0 amide bonds. The molecule has 0 spiro atoms. The highest BCUT2D eigenvalue weighted by atomic mass is 16.3. The fourth-order valence-corrected chi connectivity index (χ4v) is 13.2. The predicted octanol–water partition coefficient (Wildman–Crippen LogP) is 18.0. The van der Waals surface area contributed by atoms with Crippen LogP contribution in [0.15, 0.2) is 179 Å². The Morgan fingerprint density at radius 3 is 1.00 bits per heavy atom. The molecular weight excluding hydrogens is 813 g/mol. The second-order valence-electron chi connectivity index (χ2n) is 21.1. The molecule has 12 aromatic rings. The van der Waals surface area contributed by atoms with Crippen molar-refractivity contribution >= 4 is 65.4 Å². The van der Waals surface area contributed by atoms with Gasteiger partial charge in [-0.3, -0.25) is 0 Å². The summed E-state index contributed by atoms with van der Waals surface area (Å²) in [5.41, 5.74) is 24.3. The van der Waals surface area contributed by atoms with Crippen LogP contribution in [0.4, 0.5) is 0 Å². The summed E-state index contributed by atoms with van der Waals surface area (Å²) in [6.45, 7) is 14.6. The minimum atomic E-state index is -0.239. The monoisotopic (exact) mass is 858 g/mol. The number of hydrogen-bond acceptors (Lipinski definition) is 2. The molecular formula is C65H46O2. The third kappa shape index (κ3) is 4.61. The van der Waals surface area contributed by atoms with E-state index >= 15 is 0 Å². The summed E-state index contributed by atoms with van der Waals surface area (Å²) in [5.74, 6) is 0. The van der Waals surface area contributed by atoms with Gasteiger partial charge in [-0.05, 0) is 148 Å². The van der Waals surface area contributed by atoms with Crippen LogP contribution in [0.25, 0.3) is 121 Å². The molecule has 2 heteroatoms. The average molecular weight is 859 g/mol. The molecule has 0 radical (unpaired) electrons. The van der Waals surface area contributed by atoms with Crippen molar-refractivity contribution in [2.45, 2.75) is 57.8 Å². The lowest BCUT2D eigenvalue weighted by atomic mass is 9.78. The second kappa shape index (κ2) is 12.4. The zero-order valence-electron chi connectivity index (χ0n) is 38.5. The van der Waals surface area contributed by atoms with E-state index in [9.17, 15) is 0 Å². The van der Waals surface area contributed by atoms with E-state index in [1.54, 1.807) is 0 Å². The van der Waals surface area contributed by atoms with E-state index in [-0.39, 0.29) is 16.2 Å². The number of fused-ring (bicyclic) bond motifs is 19. The van der Waals surface area contributed by atoms with Crippen LogP contribution in [-0.2, 0) is 16.2 Å². The lowest BCUT2D eigenvalue weighted by Crippen LogP contribution is -2.17. The molecule has 0 bridgehead atoms. The molecule has 0 saturated carbocycles. The molecule has 0 N–H and O–H groups in total. The number of furan rings is 2. The molecule has 3 aliphatic carbocycles. The van der Waals surface area contributed by atoms with Crippen LogP contribution >= 0.6 is 0 Å². The van der Waals surface area contributed by atoms with E-state index in [1.807, 2.05) is 0 Å². The van der Waals surface area contributed by atoms with Crippen LogP contribution in [0, 0.1) is 0 Å².